The molecule has 1 amide bonds. The van der Waals surface area contributed by atoms with E-state index in [2.05, 4.69) is 5.32 Å². The van der Waals surface area contributed by atoms with Crippen LogP contribution in [0.1, 0.15) is 42.2 Å². The molecule has 4 nitrogen and oxygen atoms in total. The van der Waals surface area contributed by atoms with E-state index in [1.54, 1.807) is 44.2 Å². The Morgan fingerprint density at radius 3 is 2.40 bits per heavy atom. The van der Waals surface area contributed by atoms with E-state index in [4.69, 9.17) is 4.74 Å². The third-order valence-corrected chi connectivity index (χ3v) is 3.42. The fraction of sp³-hybridized carbons (Fsp3) is 0.263. The maximum atomic E-state index is 13.8. The number of esters is 1. The Morgan fingerprint density at radius 1 is 1.08 bits per heavy atom. The minimum atomic E-state index is -0.838. The largest absolute Gasteiger partial charge is 0.463 e. The van der Waals surface area contributed by atoms with Crippen LogP contribution in [0.25, 0.3) is 0 Å². The zero-order valence-corrected chi connectivity index (χ0v) is 14.0. The molecule has 1 atom stereocenters. The molecule has 6 heteroatoms. The van der Waals surface area contributed by atoms with Crippen LogP contribution < -0.4 is 5.32 Å². The highest BCUT2D eigenvalue weighted by molar-refractivity contribution is 5.95. The number of ether oxygens (including phenoxy) is 1. The molecule has 0 aromatic heterocycles. The van der Waals surface area contributed by atoms with E-state index in [9.17, 15) is 18.4 Å². The lowest BCUT2D eigenvalue weighted by Crippen LogP contribution is -2.31. The van der Waals surface area contributed by atoms with Gasteiger partial charge in [0.15, 0.2) is 0 Å². The summed E-state index contributed by atoms with van der Waals surface area (Å²) in [5.41, 5.74) is 0.242. The number of nitrogens with one attached hydrogen (secondary N) is 1. The van der Waals surface area contributed by atoms with Crippen LogP contribution in [0.3, 0.4) is 0 Å². The van der Waals surface area contributed by atoms with Crippen molar-refractivity contribution < 1.29 is 23.1 Å². The van der Waals surface area contributed by atoms with Crippen molar-refractivity contribution in [2.45, 2.75) is 32.4 Å². The van der Waals surface area contributed by atoms with Crippen molar-refractivity contribution in [1.82, 2.24) is 5.32 Å². The zero-order chi connectivity index (χ0) is 18.4. The molecule has 0 aliphatic rings. The van der Waals surface area contributed by atoms with Gasteiger partial charge in [0.05, 0.1) is 24.1 Å². The molecule has 0 saturated heterocycles. The third kappa shape index (κ3) is 5.38. The van der Waals surface area contributed by atoms with Gasteiger partial charge in [-0.1, -0.05) is 30.3 Å². The topological polar surface area (TPSA) is 55.4 Å². The normalized spacial score (nSPS) is 11.9. The molecule has 0 aliphatic heterocycles. The molecule has 0 fully saturated rings. The van der Waals surface area contributed by atoms with Gasteiger partial charge in [-0.25, -0.2) is 8.78 Å². The Morgan fingerprint density at radius 2 is 1.76 bits per heavy atom. The maximum Gasteiger partial charge on any atom is 0.308 e. The summed E-state index contributed by atoms with van der Waals surface area (Å²) in [4.78, 5) is 24.3. The van der Waals surface area contributed by atoms with Gasteiger partial charge in [0.1, 0.15) is 11.6 Å². The van der Waals surface area contributed by atoms with E-state index in [-0.39, 0.29) is 12.5 Å². The summed E-state index contributed by atoms with van der Waals surface area (Å²) in [5.74, 6) is -2.86. The molecule has 25 heavy (non-hydrogen) atoms. The molecule has 2 aromatic carbocycles. The second kappa shape index (κ2) is 8.37. The summed E-state index contributed by atoms with van der Waals surface area (Å²) in [5, 5.41) is 2.58. The van der Waals surface area contributed by atoms with Crippen molar-refractivity contribution in [3.05, 3.63) is 71.3 Å². The lowest BCUT2D eigenvalue weighted by Gasteiger charge is -2.19. The zero-order valence-electron chi connectivity index (χ0n) is 14.0. The second-order valence-corrected chi connectivity index (χ2v) is 5.80. The van der Waals surface area contributed by atoms with Crippen LogP contribution in [0.15, 0.2) is 48.5 Å². The Balaban J connectivity index is 2.22. The number of carbonyl (C=O) groups excluding carboxylic acids is 2. The predicted molar refractivity (Wildman–Crippen MR) is 88.9 cm³/mol. The van der Waals surface area contributed by atoms with Gasteiger partial charge in [0.25, 0.3) is 5.91 Å². The summed E-state index contributed by atoms with van der Waals surface area (Å²) in [6.45, 7) is 3.44. The minimum Gasteiger partial charge on any atom is -0.463 e. The molecular weight excluding hydrogens is 328 g/mol. The van der Waals surface area contributed by atoms with E-state index in [0.717, 1.165) is 18.2 Å². The number of hydrogen-bond donors (Lipinski definition) is 1. The van der Waals surface area contributed by atoms with E-state index in [0.29, 0.717) is 5.56 Å². The van der Waals surface area contributed by atoms with Gasteiger partial charge in [-0.15, -0.1) is 0 Å². The number of halogens is 2. The molecule has 0 saturated carbocycles. The summed E-state index contributed by atoms with van der Waals surface area (Å²) in [7, 11) is 0. The number of benzene rings is 2. The fourth-order valence-corrected chi connectivity index (χ4v) is 2.32. The number of carbonyl (C=O) groups is 2. The first-order valence-corrected chi connectivity index (χ1v) is 7.87. The van der Waals surface area contributed by atoms with Crippen molar-refractivity contribution in [3.63, 3.8) is 0 Å². The van der Waals surface area contributed by atoms with Crippen LogP contribution >= 0.6 is 0 Å². The van der Waals surface area contributed by atoms with E-state index in [1.807, 2.05) is 0 Å². The number of amides is 1. The summed E-state index contributed by atoms with van der Waals surface area (Å²) in [6.07, 6.45) is -0.412. The van der Waals surface area contributed by atoms with Gasteiger partial charge in [0.2, 0.25) is 0 Å². The predicted octanol–water partition coefficient (Wildman–Crippen LogP) is 3.78. The van der Waals surface area contributed by atoms with Crippen LogP contribution in [-0.4, -0.2) is 18.0 Å². The molecule has 0 aliphatic carbocycles. The van der Waals surface area contributed by atoms with Gasteiger partial charge >= 0.3 is 5.97 Å². The van der Waals surface area contributed by atoms with E-state index in [1.165, 1.54) is 0 Å². The molecule has 2 rings (SSSR count). The number of hydrogen-bond acceptors (Lipinski definition) is 3. The Kier molecular flexibility index (Phi) is 6.22. The molecule has 0 heterocycles. The number of rotatable bonds is 6. The molecule has 0 bridgehead atoms. The summed E-state index contributed by atoms with van der Waals surface area (Å²) < 4.78 is 32.2. The lowest BCUT2D eigenvalue weighted by atomic mass is 10.0. The smallest absolute Gasteiger partial charge is 0.308 e. The molecule has 2 aromatic rings. The van der Waals surface area contributed by atoms with Gasteiger partial charge in [0, 0.05) is 0 Å². The van der Waals surface area contributed by atoms with Crippen LogP contribution in [0.4, 0.5) is 8.78 Å². The molecule has 0 spiro atoms. The van der Waals surface area contributed by atoms with Crippen LogP contribution in [0.2, 0.25) is 0 Å². The van der Waals surface area contributed by atoms with Crippen LogP contribution in [0.5, 0.6) is 0 Å². The molecule has 1 unspecified atom stereocenters. The first kappa shape index (κ1) is 18.6. The average Bonchev–Trinajstić information content (AvgIpc) is 2.56. The standard InChI is InChI=1S/C19H19F2NO3/c1-12(2)25-18(23)11-17(13-6-4-3-5-7-13)22-19(24)15-10-14(20)8-9-16(15)21/h3-10,12,17H,11H2,1-2H3,(H,22,24). The van der Waals surface area contributed by atoms with Gasteiger partial charge in [-0.3, -0.25) is 9.59 Å². The summed E-state index contributed by atoms with van der Waals surface area (Å²) in [6, 6.07) is 10.7. The van der Waals surface area contributed by atoms with Crippen molar-refractivity contribution in [2.75, 3.05) is 0 Å². The highest BCUT2D eigenvalue weighted by Gasteiger charge is 2.22. The minimum absolute atomic E-state index is 0.120. The first-order valence-electron chi connectivity index (χ1n) is 7.87. The van der Waals surface area contributed by atoms with E-state index < -0.39 is 35.1 Å². The Bertz CT molecular complexity index is 748. The van der Waals surface area contributed by atoms with Gasteiger partial charge in [-0.05, 0) is 37.6 Å². The molecule has 0 radical (unpaired) electrons. The fourth-order valence-electron chi connectivity index (χ4n) is 2.32. The first-order chi connectivity index (χ1) is 11.9. The van der Waals surface area contributed by atoms with Crippen molar-refractivity contribution >= 4 is 11.9 Å². The molecular formula is C19H19F2NO3. The highest BCUT2D eigenvalue weighted by atomic mass is 19.1. The Hall–Kier alpha value is -2.76. The highest BCUT2D eigenvalue weighted by Crippen LogP contribution is 2.19. The maximum absolute atomic E-state index is 13.8. The van der Waals surface area contributed by atoms with Gasteiger partial charge < -0.3 is 10.1 Å². The van der Waals surface area contributed by atoms with Crippen molar-refractivity contribution in [1.29, 1.82) is 0 Å². The molecule has 1 N–H and O–H groups in total. The average molecular weight is 347 g/mol. The van der Waals surface area contributed by atoms with Crippen molar-refractivity contribution in [2.24, 2.45) is 0 Å². The van der Waals surface area contributed by atoms with Gasteiger partial charge in [-0.2, -0.15) is 0 Å². The lowest BCUT2D eigenvalue weighted by molar-refractivity contribution is -0.147. The monoisotopic (exact) mass is 347 g/mol. The Labute approximate surface area is 144 Å². The molecule has 132 valence electrons. The SMILES string of the molecule is CC(C)OC(=O)CC(NC(=O)c1cc(F)ccc1F)c1ccccc1. The third-order valence-electron chi connectivity index (χ3n) is 3.42. The van der Waals surface area contributed by atoms with Crippen molar-refractivity contribution in [3.8, 4) is 0 Å². The second-order valence-electron chi connectivity index (χ2n) is 5.80. The van der Waals surface area contributed by atoms with E-state index >= 15 is 0 Å². The quantitative estimate of drug-likeness (QED) is 0.809. The summed E-state index contributed by atoms with van der Waals surface area (Å²) >= 11 is 0. The van der Waals surface area contributed by atoms with Crippen LogP contribution in [0, 0.1) is 11.6 Å². The van der Waals surface area contributed by atoms with Crippen LogP contribution in [-0.2, 0) is 9.53 Å².